The molecular weight excluding hydrogens is 366 g/mol. The van der Waals surface area contributed by atoms with Gasteiger partial charge in [-0.05, 0) is 41.4 Å². The number of rotatable bonds is 8. The van der Waals surface area contributed by atoms with Gasteiger partial charge in [-0.15, -0.1) is 0 Å². The fourth-order valence-corrected chi connectivity index (χ4v) is 4.49. The predicted octanol–water partition coefficient (Wildman–Crippen LogP) is 2.85. The number of aliphatic hydroxyl groups is 2. The number of carbonyl (C=O) groups is 1. The molecule has 0 spiro atoms. The third-order valence-electron chi connectivity index (χ3n) is 4.82. The van der Waals surface area contributed by atoms with Crippen LogP contribution in [0, 0.1) is 5.41 Å². The van der Waals surface area contributed by atoms with E-state index < -0.39 is 34.6 Å². The lowest BCUT2D eigenvalue weighted by Gasteiger charge is -2.26. The Kier molecular flexibility index (Phi) is 7.61. The lowest BCUT2D eigenvalue weighted by molar-refractivity contribution is -0.132. The molecule has 7 heteroatoms. The number of sulfonamides is 1. The Bertz CT molecular complexity index is 749. The van der Waals surface area contributed by atoms with Crippen LogP contribution in [-0.4, -0.2) is 37.8 Å². The van der Waals surface area contributed by atoms with Crippen molar-refractivity contribution in [3.63, 3.8) is 0 Å². The monoisotopic (exact) mass is 399 g/mol. The Morgan fingerprint density at radius 3 is 1.67 bits per heavy atom. The molecule has 0 heterocycles. The molecule has 0 aliphatic carbocycles. The van der Waals surface area contributed by atoms with Crippen LogP contribution in [0.1, 0.15) is 82.9 Å². The fourth-order valence-electron chi connectivity index (χ4n) is 2.69. The summed E-state index contributed by atoms with van der Waals surface area (Å²) in [5.41, 5.74) is 0.768. The average molecular weight is 400 g/mol. The van der Waals surface area contributed by atoms with Gasteiger partial charge in [0, 0.05) is 0 Å². The molecule has 0 aliphatic heterocycles. The SMILES string of the molecule is CC(C)c1cc(C(C)C)c(S(=O)(=O)NC(=O)C(C)(CO)CO)c(C(C)C)c1. The zero-order valence-electron chi connectivity index (χ0n) is 17.3. The van der Waals surface area contributed by atoms with Gasteiger partial charge >= 0.3 is 0 Å². The van der Waals surface area contributed by atoms with E-state index in [1.165, 1.54) is 6.92 Å². The first-order valence-corrected chi connectivity index (χ1v) is 10.8. The van der Waals surface area contributed by atoms with E-state index in [0.29, 0.717) is 11.1 Å². The van der Waals surface area contributed by atoms with E-state index in [0.717, 1.165) is 5.56 Å². The largest absolute Gasteiger partial charge is 0.395 e. The van der Waals surface area contributed by atoms with E-state index in [2.05, 4.69) is 4.72 Å². The Balaban J connectivity index is 3.65. The predicted molar refractivity (Wildman–Crippen MR) is 106 cm³/mol. The van der Waals surface area contributed by atoms with Crippen molar-refractivity contribution >= 4 is 15.9 Å². The summed E-state index contributed by atoms with van der Waals surface area (Å²) in [6.07, 6.45) is 0. The van der Waals surface area contributed by atoms with Crippen LogP contribution in [0.15, 0.2) is 17.0 Å². The summed E-state index contributed by atoms with van der Waals surface area (Å²) < 4.78 is 28.4. The highest BCUT2D eigenvalue weighted by molar-refractivity contribution is 7.90. The average Bonchev–Trinajstić information content (AvgIpc) is 2.58. The van der Waals surface area contributed by atoms with Crippen molar-refractivity contribution < 1.29 is 23.4 Å². The maximum atomic E-state index is 13.2. The molecule has 0 aliphatic rings. The summed E-state index contributed by atoms with van der Waals surface area (Å²) in [4.78, 5) is 12.6. The van der Waals surface area contributed by atoms with Gasteiger partial charge in [0.15, 0.2) is 0 Å². The number of aliphatic hydroxyl groups excluding tert-OH is 2. The van der Waals surface area contributed by atoms with Gasteiger partial charge in [-0.3, -0.25) is 4.79 Å². The van der Waals surface area contributed by atoms with Crippen LogP contribution in [0.5, 0.6) is 0 Å². The lowest BCUT2D eigenvalue weighted by atomic mass is 9.89. The van der Waals surface area contributed by atoms with Gasteiger partial charge in [-0.1, -0.05) is 53.7 Å². The topological polar surface area (TPSA) is 104 Å². The molecule has 1 amide bonds. The van der Waals surface area contributed by atoms with Gasteiger partial charge in [0.05, 0.1) is 23.5 Å². The Morgan fingerprint density at radius 1 is 0.963 bits per heavy atom. The molecule has 6 nitrogen and oxygen atoms in total. The van der Waals surface area contributed by atoms with E-state index in [-0.39, 0.29) is 22.6 Å². The van der Waals surface area contributed by atoms with E-state index in [1.54, 1.807) is 0 Å². The van der Waals surface area contributed by atoms with Crippen LogP contribution in [0.25, 0.3) is 0 Å². The first-order chi connectivity index (χ1) is 12.3. The normalized spacial score (nSPS) is 12.9. The van der Waals surface area contributed by atoms with Crippen molar-refractivity contribution in [2.75, 3.05) is 13.2 Å². The summed E-state index contributed by atoms with van der Waals surface area (Å²) in [5.74, 6) is -0.821. The summed E-state index contributed by atoms with van der Waals surface area (Å²) in [6.45, 7) is 11.7. The number of hydrogen-bond acceptors (Lipinski definition) is 5. The molecule has 0 atom stereocenters. The third-order valence-corrected chi connectivity index (χ3v) is 6.28. The number of carbonyl (C=O) groups excluding carboxylic acids is 1. The van der Waals surface area contributed by atoms with Crippen molar-refractivity contribution in [3.8, 4) is 0 Å². The molecule has 1 aromatic rings. The molecule has 0 saturated carbocycles. The third kappa shape index (κ3) is 5.09. The highest BCUT2D eigenvalue weighted by Gasteiger charge is 2.36. The number of amides is 1. The molecule has 0 bridgehead atoms. The summed E-state index contributed by atoms with van der Waals surface area (Å²) in [7, 11) is -4.18. The van der Waals surface area contributed by atoms with E-state index in [4.69, 9.17) is 0 Å². The zero-order chi connectivity index (χ0) is 21.2. The minimum absolute atomic E-state index is 0.0649. The van der Waals surface area contributed by atoms with Gasteiger partial charge in [0.2, 0.25) is 5.91 Å². The van der Waals surface area contributed by atoms with Crippen LogP contribution in [0.2, 0.25) is 0 Å². The molecular formula is C20H33NO5S. The lowest BCUT2D eigenvalue weighted by Crippen LogP contribution is -2.46. The second-order valence-corrected chi connectivity index (χ2v) is 9.92. The van der Waals surface area contributed by atoms with Gasteiger partial charge in [-0.2, -0.15) is 0 Å². The molecule has 0 aromatic heterocycles. The molecule has 1 rings (SSSR count). The molecule has 0 fully saturated rings. The van der Waals surface area contributed by atoms with Crippen LogP contribution in [0.4, 0.5) is 0 Å². The van der Waals surface area contributed by atoms with Crippen molar-refractivity contribution in [1.29, 1.82) is 0 Å². The second-order valence-electron chi connectivity index (χ2n) is 8.30. The molecule has 0 radical (unpaired) electrons. The van der Waals surface area contributed by atoms with E-state index >= 15 is 0 Å². The molecule has 0 unspecified atom stereocenters. The van der Waals surface area contributed by atoms with Gasteiger partial charge in [-0.25, -0.2) is 13.1 Å². The molecule has 154 valence electrons. The van der Waals surface area contributed by atoms with E-state index in [9.17, 15) is 23.4 Å². The van der Waals surface area contributed by atoms with Gasteiger partial charge < -0.3 is 10.2 Å². The van der Waals surface area contributed by atoms with Gasteiger partial charge in [0.25, 0.3) is 10.0 Å². The molecule has 3 N–H and O–H groups in total. The summed E-state index contributed by atoms with van der Waals surface area (Å²) in [6, 6.07) is 3.77. The molecule has 27 heavy (non-hydrogen) atoms. The zero-order valence-corrected chi connectivity index (χ0v) is 18.1. The minimum atomic E-state index is -4.18. The first-order valence-electron chi connectivity index (χ1n) is 9.27. The minimum Gasteiger partial charge on any atom is -0.395 e. The number of benzene rings is 1. The van der Waals surface area contributed by atoms with Crippen molar-refractivity contribution in [2.24, 2.45) is 5.41 Å². The smallest absolute Gasteiger partial charge is 0.264 e. The van der Waals surface area contributed by atoms with Crippen molar-refractivity contribution in [3.05, 3.63) is 28.8 Å². The summed E-state index contributed by atoms with van der Waals surface area (Å²) >= 11 is 0. The Hall–Kier alpha value is -1.44. The summed E-state index contributed by atoms with van der Waals surface area (Å²) in [5, 5.41) is 18.8. The Morgan fingerprint density at radius 2 is 1.37 bits per heavy atom. The van der Waals surface area contributed by atoms with Crippen LogP contribution >= 0.6 is 0 Å². The second kappa shape index (κ2) is 8.71. The fraction of sp³-hybridized carbons (Fsp3) is 0.650. The number of hydrogen-bond donors (Lipinski definition) is 3. The maximum Gasteiger partial charge on any atom is 0.264 e. The number of nitrogens with one attached hydrogen (secondary N) is 1. The van der Waals surface area contributed by atoms with E-state index in [1.807, 2.05) is 53.7 Å². The van der Waals surface area contributed by atoms with Crippen LogP contribution < -0.4 is 4.72 Å². The Labute approximate surface area is 163 Å². The van der Waals surface area contributed by atoms with Crippen LogP contribution in [0.3, 0.4) is 0 Å². The quantitative estimate of drug-likeness (QED) is 0.624. The highest BCUT2D eigenvalue weighted by atomic mass is 32.2. The van der Waals surface area contributed by atoms with Gasteiger partial charge in [0.1, 0.15) is 0 Å². The van der Waals surface area contributed by atoms with Crippen molar-refractivity contribution in [2.45, 2.75) is 71.1 Å². The highest BCUT2D eigenvalue weighted by Crippen LogP contribution is 2.35. The van der Waals surface area contributed by atoms with Crippen molar-refractivity contribution in [1.82, 2.24) is 4.72 Å². The van der Waals surface area contributed by atoms with Crippen LogP contribution in [-0.2, 0) is 14.8 Å². The molecule has 1 aromatic carbocycles. The maximum absolute atomic E-state index is 13.2. The standard InChI is InChI=1S/C20H33NO5S/c1-12(2)15-8-16(13(3)4)18(17(9-15)14(5)6)27(25,26)21-19(24)20(7,10-22)11-23/h8-9,12-14,22-23H,10-11H2,1-7H3,(H,21,24). The first kappa shape index (κ1) is 23.6. The molecule has 0 saturated heterocycles.